The molecular weight excluding hydrogens is 200 g/mol. The van der Waals surface area contributed by atoms with Crippen LogP contribution in [0.5, 0.6) is 0 Å². The Hall–Kier alpha value is -1.61. The number of likely N-dealkylation sites (N-methyl/N-ethyl adjacent to an activating group) is 1. The van der Waals surface area contributed by atoms with Gasteiger partial charge < -0.3 is 10.3 Å². The lowest BCUT2D eigenvalue weighted by Crippen LogP contribution is -2.18. The highest BCUT2D eigenvalue weighted by molar-refractivity contribution is 6.09. The molecule has 2 aromatic rings. The van der Waals surface area contributed by atoms with Crippen LogP contribution in [0.4, 0.5) is 0 Å². The van der Waals surface area contributed by atoms with Crippen molar-refractivity contribution in [3.8, 4) is 0 Å². The lowest BCUT2D eigenvalue weighted by atomic mass is 10.0. The van der Waals surface area contributed by atoms with Gasteiger partial charge >= 0.3 is 0 Å². The van der Waals surface area contributed by atoms with E-state index in [2.05, 4.69) is 30.2 Å². The molecule has 1 heterocycles. The van der Waals surface area contributed by atoms with Gasteiger partial charge in [0.25, 0.3) is 0 Å². The first-order valence-corrected chi connectivity index (χ1v) is 5.40. The summed E-state index contributed by atoms with van der Waals surface area (Å²) < 4.78 is 0. The van der Waals surface area contributed by atoms with Crippen LogP contribution in [-0.2, 0) is 0 Å². The van der Waals surface area contributed by atoms with E-state index in [1.807, 2.05) is 6.07 Å². The van der Waals surface area contributed by atoms with Crippen molar-refractivity contribution in [1.29, 1.82) is 0 Å². The van der Waals surface area contributed by atoms with Crippen LogP contribution in [0.1, 0.15) is 21.5 Å². The molecule has 0 fully saturated rings. The Morgan fingerprint density at radius 2 is 2.12 bits per heavy atom. The number of rotatable bonds is 3. The number of aromatic amines is 1. The maximum Gasteiger partial charge on any atom is 0.178 e. The van der Waals surface area contributed by atoms with E-state index < -0.39 is 0 Å². The highest BCUT2D eigenvalue weighted by atomic mass is 16.1. The molecule has 0 spiro atoms. The quantitative estimate of drug-likeness (QED) is 0.772. The molecule has 2 rings (SSSR count). The van der Waals surface area contributed by atoms with E-state index in [9.17, 15) is 4.79 Å². The predicted molar refractivity (Wildman–Crippen MR) is 66.0 cm³/mol. The van der Waals surface area contributed by atoms with Gasteiger partial charge in [-0.2, -0.15) is 0 Å². The Bertz CT molecular complexity index is 540. The Labute approximate surface area is 94.9 Å². The van der Waals surface area contributed by atoms with Gasteiger partial charge in [0, 0.05) is 22.7 Å². The van der Waals surface area contributed by atoms with Crippen LogP contribution in [0.2, 0.25) is 0 Å². The molecule has 3 nitrogen and oxygen atoms in total. The van der Waals surface area contributed by atoms with Gasteiger partial charge in [0.05, 0.1) is 6.54 Å². The molecule has 0 aliphatic heterocycles. The second-order valence-corrected chi connectivity index (χ2v) is 4.09. The fraction of sp³-hybridized carbons (Fsp3) is 0.308. The minimum absolute atomic E-state index is 0.122. The summed E-state index contributed by atoms with van der Waals surface area (Å²) >= 11 is 0. The third-order valence-electron chi connectivity index (χ3n) is 3.02. The fourth-order valence-corrected chi connectivity index (χ4v) is 1.93. The fourth-order valence-electron chi connectivity index (χ4n) is 1.93. The molecule has 16 heavy (non-hydrogen) atoms. The minimum atomic E-state index is 0.122. The third kappa shape index (κ3) is 1.63. The van der Waals surface area contributed by atoms with Gasteiger partial charge in [-0.1, -0.05) is 12.1 Å². The zero-order valence-corrected chi connectivity index (χ0v) is 9.85. The molecule has 84 valence electrons. The van der Waals surface area contributed by atoms with E-state index in [0.29, 0.717) is 6.54 Å². The van der Waals surface area contributed by atoms with Crippen LogP contribution in [-0.4, -0.2) is 24.4 Å². The average Bonchev–Trinajstić information content (AvgIpc) is 2.68. The molecule has 0 saturated heterocycles. The topological polar surface area (TPSA) is 44.9 Å². The third-order valence-corrected chi connectivity index (χ3v) is 3.02. The summed E-state index contributed by atoms with van der Waals surface area (Å²) in [7, 11) is 1.78. The van der Waals surface area contributed by atoms with Crippen molar-refractivity contribution in [2.75, 3.05) is 13.6 Å². The number of hydrogen-bond donors (Lipinski definition) is 2. The van der Waals surface area contributed by atoms with Crippen LogP contribution >= 0.6 is 0 Å². The minimum Gasteiger partial charge on any atom is -0.360 e. The van der Waals surface area contributed by atoms with Crippen LogP contribution in [0.15, 0.2) is 18.3 Å². The molecule has 0 aliphatic rings. The van der Waals surface area contributed by atoms with Crippen molar-refractivity contribution in [2.45, 2.75) is 13.8 Å². The van der Waals surface area contributed by atoms with Crippen LogP contribution in [0, 0.1) is 13.8 Å². The summed E-state index contributed by atoms with van der Waals surface area (Å²) in [5, 5.41) is 3.90. The number of aromatic nitrogens is 1. The molecule has 0 aliphatic carbocycles. The van der Waals surface area contributed by atoms with E-state index in [-0.39, 0.29) is 5.78 Å². The summed E-state index contributed by atoms with van der Waals surface area (Å²) in [4.78, 5) is 15.0. The van der Waals surface area contributed by atoms with Gasteiger partial charge in [0.2, 0.25) is 0 Å². The average molecular weight is 216 g/mol. The molecule has 0 bridgehead atoms. The monoisotopic (exact) mass is 216 g/mol. The van der Waals surface area contributed by atoms with Gasteiger partial charge in [-0.05, 0) is 32.0 Å². The van der Waals surface area contributed by atoms with Crippen molar-refractivity contribution in [1.82, 2.24) is 10.3 Å². The number of benzene rings is 1. The summed E-state index contributed by atoms with van der Waals surface area (Å²) in [6.45, 7) is 4.52. The summed E-state index contributed by atoms with van der Waals surface area (Å²) in [5.41, 5.74) is 4.29. The number of fused-ring (bicyclic) bond motifs is 1. The van der Waals surface area contributed by atoms with Crippen LogP contribution < -0.4 is 5.32 Å². The Morgan fingerprint density at radius 3 is 2.81 bits per heavy atom. The van der Waals surface area contributed by atoms with Gasteiger partial charge in [-0.15, -0.1) is 0 Å². The first kappa shape index (κ1) is 10.9. The molecular formula is C13H16N2O. The standard InChI is InChI=1S/C13H16N2O/c1-8-4-5-10-11(12(16)7-14-3)6-15-13(10)9(8)2/h4-6,14-15H,7H2,1-3H3. The summed E-state index contributed by atoms with van der Waals surface area (Å²) in [5.74, 6) is 0.122. The Balaban J connectivity index is 2.58. The normalized spacial score (nSPS) is 10.9. The zero-order chi connectivity index (χ0) is 11.7. The Kier molecular flexibility index (Phi) is 2.79. The lowest BCUT2D eigenvalue weighted by molar-refractivity contribution is 0.0995. The smallest absolute Gasteiger partial charge is 0.178 e. The van der Waals surface area contributed by atoms with Gasteiger partial charge in [-0.25, -0.2) is 0 Å². The molecule has 0 unspecified atom stereocenters. The highest BCUT2D eigenvalue weighted by Gasteiger charge is 2.12. The van der Waals surface area contributed by atoms with Gasteiger partial charge in [0.15, 0.2) is 5.78 Å². The predicted octanol–water partition coefficient (Wildman–Crippen LogP) is 2.19. The van der Waals surface area contributed by atoms with Crippen LogP contribution in [0.25, 0.3) is 10.9 Å². The molecule has 2 N–H and O–H groups in total. The van der Waals surface area contributed by atoms with Crippen molar-refractivity contribution >= 4 is 16.7 Å². The number of ketones is 1. The van der Waals surface area contributed by atoms with Gasteiger partial charge in [-0.3, -0.25) is 4.79 Å². The highest BCUT2D eigenvalue weighted by Crippen LogP contribution is 2.23. The number of H-pyrrole nitrogens is 1. The lowest BCUT2D eigenvalue weighted by Gasteiger charge is -2.02. The van der Waals surface area contributed by atoms with Gasteiger partial charge in [0.1, 0.15) is 0 Å². The summed E-state index contributed by atoms with van der Waals surface area (Å²) in [6, 6.07) is 4.07. The molecule has 0 amide bonds. The number of carbonyl (C=O) groups is 1. The second kappa shape index (κ2) is 4.10. The maximum atomic E-state index is 11.8. The number of nitrogens with one attached hydrogen (secondary N) is 2. The molecule has 1 aromatic heterocycles. The molecule has 1 aromatic carbocycles. The summed E-state index contributed by atoms with van der Waals surface area (Å²) in [6.07, 6.45) is 1.80. The number of aryl methyl sites for hydroxylation is 2. The van der Waals surface area contributed by atoms with Crippen molar-refractivity contribution in [3.05, 3.63) is 35.0 Å². The number of hydrogen-bond acceptors (Lipinski definition) is 2. The largest absolute Gasteiger partial charge is 0.360 e. The van der Waals surface area contributed by atoms with E-state index in [0.717, 1.165) is 16.5 Å². The molecule has 0 atom stereocenters. The molecule has 0 radical (unpaired) electrons. The van der Waals surface area contributed by atoms with Crippen LogP contribution in [0.3, 0.4) is 0 Å². The van der Waals surface area contributed by atoms with Crippen molar-refractivity contribution in [2.24, 2.45) is 0 Å². The number of Topliss-reactive ketones (excluding diaryl/α,β-unsaturated/α-hetero) is 1. The zero-order valence-electron chi connectivity index (χ0n) is 9.85. The maximum absolute atomic E-state index is 11.8. The Morgan fingerprint density at radius 1 is 1.38 bits per heavy atom. The van der Waals surface area contributed by atoms with Crippen molar-refractivity contribution < 1.29 is 4.79 Å². The first-order chi connectivity index (χ1) is 7.65. The first-order valence-electron chi connectivity index (χ1n) is 5.40. The van der Waals surface area contributed by atoms with E-state index >= 15 is 0 Å². The SMILES string of the molecule is CNCC(=O)c1c[nH]c2c(C)c(C)ccc12. The second-order valence-electron chi connectivity index (χ2n) is 4.09. The van der Waals surface area contributed by atoms with E-state index in [1.165, 1.54) is 11.1 Å². The van der Waals surface area contributed by atoms with E-state index in [4.69, 9.17) is 0 Å². The molecule has 3 heteroatoms. The van der Waals surface area contributed by atoms with E-state index in [1.54, 1.807) is 13.2 Å². The molecule has 0 saturated carbocycles. The number of carbonyl (C=O) groups excluding carboxylic acids is 1. The van der Waals surface area contributed by atoms with Crippen molar-refractivity contribution in [3.63, 3.8) is 0 Å².